The van der Waals surface area contributed by atoms with Gasteiger partial charge in [0, 0.05) is 0 Å². The van der Waals surface area contributed by atoms with Crippen molar-refractivity contribution in [3.63, 3.8) is 0 Å². The fourth-order valence-electron chi connectivity index (χ4n) is 2.20. The third kappa shape index (κ3) is 4.73. The number of methoxy groups -OCH3 is 1. The number of halogens is 2. The first-order valence-electron chi connectivity index (χ1n) is 7.68. The van der Waals surface area contributed by atoms with Gasteiger partial charge in [0.2, 0.25) is 0 Å². The van der Waals surface area contributed by atoms with Crippen LogP contribution in [0.2, 0.25) is 0 Å². The highest BCUT2D eigenvalue weighted by atomic mass is 127. The van der Waals surface area contributed by atoms with Gasteiger partial charge in [-0.2, -0.15) is 5.26 Å². The molecule has 0 unspecified atom stereocenters. The number of ether oxygens (including phenoxy) is 2. The van der Waals surface area contributed by atoms with E-state index < -0.39 is 11.7 Å². The molecule has 0 saturated carbocycles. The van der Waals surface area contributed by atoms with E-state index in [1.165, 1.54) is 31.4 Å². The highest BCUT2D eigenvalue weighted by molar-refractivity contribution is 14.1. The molecule has 0 aliphatic rings. The standard InChI is InChI=1S/C19H16FIN2O3/c1-3-26-17-10-12(9-15(21)18(17)25-2)8-13(11-22)19(24)23-16-7-5-4-6-14(16)20/h4-10H,3H2,1-2H3,(H,23,24)/b13-8-. The maximum absolute atomic E-state index is 13.7. The van der Waals surface area contributed by atoms with Crippen LogP contribution in [0, 0.1) is 20.7 Å². The fourth-order valence-corrected chi connectivity index (χ4v) is 3.05. The second-order valence-corrected chi connectivity index (χ2v) is 6.23. The van der Waals surface area contributed by atoms with Gasteiger partial charge in [0.05, 0.1) is 23.0 Å². The zero-order valence-corrected chi connectivity index (χ0v) is 16.3. The van der Waals surface area contributed by atoms with Crippen LogP contribution in [0.3, 0.4) is 0 Å². The molecular weight excluding hydrogens is 450 g/mol. The van der Waals surface area contributed by atoms with Gasteiger partial charge in [-0.3, -0.25) is 4.79 Å². The number of para-hydroxylation sites is 1. The van der Waals surface area contributed by atoms with E-state index in [4.69, 9.17) is 9.47 Å². The smallest absolute Gasteiger partial charge is 0.266 e. The maximum atomic E-state index is 13.7. The molecule has 0 radical (unpaired) electrons. The summed E-state index contributed by atoms with van der Waals surface area (Å²) in [7, 11) is 1.54. The van der Waals surface area contributed by atoms with Crippen LogP contribution < -0.4 is 14.8 Å². The molecule has 2 aromatic rings. The van der Waals surface area contributed by atoms with Crippen LogP contribution in [0.1, 0.15) is 12.5 Å². The summed E-state index contributed by atoms with van der Waals surface area (Å²) < 4.78 is 25.3. The van der Waals surface area contributed by atoms with Crippen LogP contribution in [-0.2, 0) is 4.79 Å². The lowest BCUT2D eigenvalue weighted by atomic mass is 10.1. The number of carbonyl (C=O) groups is 1. The van der Waals surface area contributed by atoms with E-state index in [1.807, 2.05) is 13.0 Å². The Balaban J connectivity index is 2.35. The Morgan fingerprint density at radius 1 is 1.38 bits per heavy atom. The first kappa shape index (κ1) is 19.7. The summed E-state index contributed by atoms with van der Waals surface area (Å²) in [6.45, 7) is 2.29. The van der Waals surface area contributed by atoms with E-state index in [0.717, 1.165) is 3.57 Å². The summed E-state index contributed by atoms with van der Waals surface area (Å²) >= 11 is 2.08. The van der Waals surface area contributed by atoms with Crippen LogP contribution in [0.5, 0.6) is 11.5 Å². The number of rotatable bonds is 6. The summed E-state index contributed by atoms with van der Waals surface area (Å²) in [6.07, 6.45) is 1.42. The van der Waals surface area contributed by atoms with E-state index >= 15 is 0 Å². The van der Waals surface area contributed by atoms with Gasteiger partial charge in [-0.25, -0.2) is 4.39 Å². The van der Waals surface area contributed by atoms with Crippen molar-refractivity contribution in [3.05, 3.63) is 56.9 Å². The van der Waals surface area contributed by atoms with E-state index in [-0.39, 0.29) is 11.3 Å². The van der Waals surface area contributed by atoms with E-state index in [2.05, 4.69) is 27.9 Å². The number of nitriles is 1. The Bertz CT molecular complexity index is 891. The monoisotopic (exact) mass is 466 g/mol. The second kappa shape index (κ2) is 9.20. The van der Waals surface area contributed by atoms with Gasteiger partial charge in [0.1, 0.15) is 17.5 Å². The van der Waals surface area contributed by atoms with Crippen LogP contribution in [0.25, 0.3) is 6.08 Å². The van der Waals surface area contributed by atoms with Gasteiger partial charge >= 0.3 is 0 Å². The zero-order valence-electron chi connectivity index (χ0n) is 14.2. The van der Waals surface area contributed by atoms with Crippen molar-refractivity contribution < 1.29 is 18.7 Å². The average molecular weight is 466 g/mol. The molecule has 5 nitrogen and oxygen atoms in total. The quantitative estimate of drug-likeness (QED) is 0.390. The highest BCUT2D eigenvalue weighted by Gasteiger charge is 2.14. The van der Waals surface area contributed by atoms with Crippen LogP contribution in [-0.4, -0.2) is 19.6 Å². The molecule has 0 heterocycles. The Hall–Kier alpha value is -2.60. The SMILES string of the molecule is CCOc1cc(/C=C(/C#N)C(=O)Nc2ccccc2F)cc(I)c1OC. The van der Waals surface area contributed by atoms with Crippen molar-refractivity contribution in [1.82, 2.24) is 0 Å². The van der Waals surface area contributed by atoms with Gasteiger partial charge in [-0.05, 0) is 65.4 Å². The van der Waals surface area contributed by atoms with Crippen molar-refractivity contribution in [2.45, 2.75) is 6.92 Å². The number of anilines is 1. The predicted octanol–water partition coefficient (Wildman–Crippen LogP) is 4.38. The number of hydrogen-bond acceptors (Lipinski definition) is 4. The van der Waals surface area contributed by atoms with Crippen molar-refractivity contribution in [1.29, 1.82) is 5.26 Å². The van der Waals surface area contributed by atoms with E-state index in [0.29, 0.717) is 23.7 Å². The van der Waals surface area contributed by atoms with E-state index in [9.17, 15) is 14.4 Å². The van der Waals surface area contributed by atoms with Crippen molar-refractivity contribution in [2.24, 2.45) is 0 Å². The van der Waals surface area contributed by atoms with Crippen molar-refractivity contribution in [2.75, 3.05) is 19.0 Å². The average Bonchev–Trinajstić information content (AvgIpc) is 2.61. The molecule has 1 N–H and O–H groups in total. The minimum atomic E-state index is -0.693. The normalized spacial score (nSPS) is 10.8. The zero-order chi connectivity index (χ0) is 19.1. The lowest BCUT2D eigenvalue weighted by molar-refractivity contribution is -0.112. The van der Waals surface area contributed by atoms with Crippen LogP contribution in [0.15, 0.2) is 42.0 Å². The number of nitrogens with zero attached hydrogens (tertiary/aromatic N) is 1. The van der Waals surface area contributed by atoms with Crippen molar-refractivity contribution >= 4 is 40.3 Å². The number of carbonyl (C=O) groups excluding carboxylic acids is 1. The highest BCUT2D eigenvalue weighted by Crippen LogP contribution is 2.34. The van der Waals surface area contributed by atoms with Gasteiger partial charge in [-0.15, -0.1) is 0 Å². The molecule has 7 heteroatoms. The summed E-state index contributed by atoms with van der Waals surface area (Å²) in [6, 6.07) is 11.0. The van der Waals surface area contributed by atoms with Gasteiger partial charge in [-0.1, -0.05) is 12.1 Å². The molecule has 0 fully saturated rings. The van der Waals surface area contributed by atoms with Crippen molar-refractivity contribution in [3.8, 4) is 17.6 Å². The second-order valence-electron chi connectivity index (χ2n) is 5.07. The summed E-state index contributed by atoms with van der Waals surface area (Å²) in [5.41, 5.74) is 0.452. The summed E-state index contributed by atoms with van der Waals surface area (Å²) in [4.78, 5) is 12.3. The molecule has 2 rings (SSSR count). The first-order chi connectivity index (χ1) is 12.5. The lowest BCUT2D eigenvalue weighted by Crippen LogP contribution is -2.14. The first-order valence-corrected chi connectivity index (χ1v) is 8.76. The molecule has 0 aromatic heterocycles. The fraction of sp³-hybridized carbons (Fsp3) is 0.158. The minimum Gasteiger partial charge on any atom is -0.492 e. The topological polar surface area (TPSA) is 71.3 Å². The van der Waals surface area contributed by atoms with Gasteiger partial charge in [0.25, 0.3) is 5.91 Å². The minimum absolute atomic E-state index is 0.0120. The molecule has 2 aromatic carbocycles. The predicted molar refractivity (Wildman–Crippen MR) is 105 cm³/mol. The van der Waals surface area contributed by atoms with Gasteiger partial charge < -0.3 is 14.8 Å². The molecule has 134 valence electrons. The number of hydrogen-bond donors (Lipinski definition) is 1. The largest absolute Gasteiger partial charge is 0.492 e. The number of amides is 1. The summed E-state index contributed by atoms with van der Waals surface area (Å²) in [5.74, 6) is -0.170. The van der Waals surface area contributed by atoms with Gasteiger partial charge in [0.15, 0.2) is 11.5 Å². The molecule has 0 aliphatic heterocycles. The molecule has 0 spiro atoms. The summed E-state index contributed by atoms with van der Waals surface area (Å²) in [5, 5.41) is 11.7. The third-order valence-electron chi connectivity index (χ3n) is 3.33. The molecule has 0 bridgehead atoms. The molecular formula is C19H16FIN2O3. The Kier molecular flexibility index (Phi) is 6.97. The molecule has 26 heavy (non-hydrogen) atoms. The maximum Gasteiger partial charge on any atom is 0.266 e. The Morgan fingerprint density at radius 2 is 2.12 bits per heavy atom. The molecule has 0 aliphatic carbocycles. The number of benzene rings is 2. The molecule has 0 saturated heterocycles. The van der Waals surface area contributed by atoms with Crippen LogP contribution >= 0.6 is 22.6 Å². The van der Waals surface area contributed by atoms with E-state index in [1.54, 1.807) is 18.2 Å². The lowest BCUT2D eigenvalue weighted by Gasteiger charge is -2.12. The number of nitrogens with one attached hydrogen (secondary N) is 1. The molecule has 1 amide bonds. The third-order valence-corrected chi connectivity index (χ3v) is 4.14. The molecule has 0 atom stereocenters. The van der Waals surface area contributed by atoms with Crippen LogP contribution in [0.4, 0.5) is 10.1 Å². The Morgan fingerprint density at radius 3 is 2.73 bits per heavy atom. The Labute approximate surface area is 164 Å².